The highest BCUT2D eigenvalue weighted by Crippen LogP contribution is 2.35. The summed E-state index contributed by atoms with van der Waals surface area (Å²) in [6.07, 6.45) is 0.102. The number of H-pyrrole nitrogens is 1. The molecule has 0 amide bonds. The topological polar surface area (TPSA) is 95.3 Å². The number of allylic oxidation sites excluding steroid dienone is 1. The Hall–Kier alpha value is -1.73. The summed E-state index contributed by atoms with van der Waals surface area (Å²) < 4.78 is 14.9. The van der Waals surface area contributed by atoms with Crippen molar-refractivity contribution in [3.8, 4) is 0 Å². The van der Waals surface area contributed by atoms with E-state index in [1.807, 2.05) is 0 Å². The average Bonchev–Trinajstić information content (AvgIpc) is 2.59. The zero-order chi connectivity index (χ0) is 13.4. The van der Waals surface area contributed by atoms with Gasteiger partial charge in [0.1, 0.15) is 5.83 Å². The molecule has 7 heteroatoms. The number of aliphatic hydroxyl groups excluding tert-OH is 2. The summed E-state index contributed by atoms with van der Waals surface area (Å²) in [7, 11) is 0. The maximum absolute atomic E-state index is 13.9. The molecule has 1 aliphatic carbocycles. The van der Waals surface area contributed by atoms with Crippen LogP contribution in [0.25, 0.3) is 0 Å². The summed E-state index contributed by atoms with van der Waals surface area (Å²) >= 11 is 0. The van der Waals surface area contributed by atoms with Gasteiger partial charge in [-0.1, -0.05) is 0 Å². The fourth-order valence-corrected chi connectivity index (χ4v) is 2.06. The predicted octanol–water partition coefficient (Wildman–Crippen LogP) is -0.633. The van der Waals surface area contributed by atoms with Crippen LogP contribution in [0.1, 0.15) is 18.0 Å². The van der Waals surface area contributed by atoms with Crippen molar-refractivity contribution < 1.29 is 14.6 Å². The quantitative estimate of drug-likeness (QED) is 0.656. The molecule has 98 valence electrons. The SMILES string of the molecule is Cc1cn(C2C[C@H](O)C(CO)=C2F)c(=O)[nH]c1=O. The fraction of sp³-hybridized carbons (Fsp3) is 0.455. The molecule has 0 aliphatic heterocycles. The molecule has 1 aromatic heterocycles. The molecular weight excluding hydrogens is 243 g/mol. The molecule has 18 heavy (non-hydrogen) atoms. The van der Waals surface area contributed by atoms with Gasteiger partial charge >= 0.3 is 5.69 Å². The van der Waals surface area contributed by atoms with Crippen molar-refractivity contribution >= 4 is 0 Å². The van der Waals surface area contributed by atoms with E-state index in [9.17, 15) is 19.1 Å². The van der Waals surface area contributed by atoms with E-state index < -0.39 is 35.8 Å². The molecule has 1 heterocycles. The number of nitrogens with zero attached hydrogens (tertiary/aromatic N) is 1. The van der Waals surface area contributed by atoms with E-state index in [2.05, 4.69) is 4.98 Å². The number of aryl methyl sites for hydroxylation is 1. The molecule has 3 N–H and O–H groups in total. The summed E-state index contributed by atoms with van der Waals surface area (Å²) in [5, 5.41) is 18.5. The molecule has 1 aromatic rings. The van der Waals surface area contributed by atoms with Gasteiger partial charge in [-0.25, -0.2) is 9.18 Å². The van der Waals surface area contributed by atoms with Gasteiger partial charge in [0, 0.05) is 23.8 Å². The van der Waals surface area contributed by atoms with Crippen molar-refractivity contribution in [1.82, 2.24) is 9.55 Å². The van der Waals surface area contributed by atoms with Gasteiger partial charge in [0.15, 0.2) is 0 Å². The summed E-state index contributed by atoms with van der Waals surface area (Å²) in [4.78, 5) is 24.9. The number of aromatic nitrogens is 2. The van der Waals surface area contributed by atoms with Gasteiger partial charge in [-0.05, 0) is 6.92 Å². The highest BCUT2D eigenvalue weighted by molar-refractivity contribution is 5.25. The predicted molar refractivity (Wildman–Crippen MR) is 60.9 cm³/mol. The summed E-state index contributed by atoms with van der Waals surface area (Å²) in [5.41, 5.74) is -1.11. The zero-order valence-electron chi connectivity index (χ0n) is 9.68. The van der Waals surface area contributed by atoms with Crippen LogP contribution in [0.4, 0.5) is 4.39 Å². The second-order valence-electron chi connectivity index (χ2n) is 4.28. The number of aliphatic hydroxyl groups is 2. The van der Waals surface area contributed by atoms with Crippen LogP contribution in [-0.2, 0) is 0 Å². The molecular formula is C11H13FN2O4. The molecule has 2 rings (SSSR count). The maximum Gasteiger partial charge on any atom is 0.328 e. The molecule has 1 unspecified atom stereocenters. The maximum atomic E-state index is 13.9. The van der Waals surface area contributed by atoms with Crippen molar-refractivity contribution in [1.29, 1.82) is 0 Å². The molecule has 0 radical (unpaired) electrons. The van der Waals surface area contributed by atoms with Gasteiger partial charge < -0.3 is 10.2 Å². The Kier molecular flexibility index (Phi) is 3.18. The standard InChI is InChI=1S/C11H13FN2O4/c1-5-3-14(11(18)13-10(5)17)7-2-8(16)6(4-15)9(7)12/h3,7-8,15-16H,2,4H2,1H3,(H,13,17,18)/t7?,8-/m0/s1. The third-order valence-electron chi connectivity index (χ3n) is 3.10. The van der Waals surface area contributed by atoms with Gasteiger partial charge in [0.2, 0.25) is 0 Å². The molecule has 0 saturated heterocycles. The van der Waals surface area contributed by atoms with Crippen molar-refractivity contribution in [2.45, 2.75) is 25.5 Å². The Morgan fingerprint density at radius 1 is 1.56 bits per heavy atom. The van der Waals surface area contributed by atoms with Crippen molar-refractivity contribution in [3.05, 3.63) is 44.0 Å². The van der Waals surface area contributed by atoms with E-state index >= 15 is 0 Å². The molecule has 0 spiro atoms. The fourth-order valence-electron chi connectivity index (χ4n) is 2.06. The van der Waals surface area contributed by atoms with Crippen LogP contribution in [0.5, 0.6) is 0 Å². The Labute approximate surface area is 101 Å². The number of hydrogen-bond acceptors (Lipinski definition) is 4. The average molecular weight is 256 g/mol. The monoisotopic (exact) mass is 256 g/mol. The largest absolute Gasteiger partial charge is 0.392 e. The molecule has 0 saturated carbocycles. The number of aromatic amines is 1. The van der Waals surface area contributed by atoms with Crippen molar-refractivity contribution in [2.75, 3.05) is 6.61 Å². The first kappa shape index (κ1) is 12.7. The highest BCUT2D eigenvalue weighted by atomic mass is 19.1. The first-order valence-corrected chi connectivity index (χ1v) is 5.45. The molecule has 0 bridgehead atoms. The van der Waals surface area contributed by atoms with Crippen LogP contribution in [0.3, 0.4) is 0 Å². The van der Waals surface area contributed by atoms with Crippen LogP contribution >= 0.6 is 0 Å². The minimum absolute atomic E-state index is 0.0346. The highest BCUT2D eigenvalue weighted by Gasteiger charge is 2.34. The van der Waals surface area contributed by atoms with Crippen LogP contribution in [0.15, 0.2) is 27.2 Å². The van der Waals surface area contributed by atoms with Gasteiger partial charge in [-0.2, -0.15) is 0 Å². The van der Waals surface area contributed by atoms with Crippen LogP contribution in [0.2, 0.25) is 0 Å². The lowest BCUT2D eigenvalue weighted by atomic mass is 10.2. The van der Waals surface area contributed by atoms with E-state index in [-0.39, 0.29) is 17.6 Å². The Bertz CT molecular complexity index is 616. The van der Waals surface area contributed by atoms with E-state index in [4.69, 9.17) is 5.11 Å². The Balaban J connectivity index is 2.52. The summed E-state index contributed by atoms with van der Waals surface area (Å²) in [5.74, 6) is -0.724. The molecule has 6 nitrogen and oxygen atoms in total. The summed E-state index contributed by atoms with van der Waals surface area (Å²) in [6.45, 7) is 0.898. The normalized spacial score (nSPS) is 23.8. The summed E-state index contributed by atoms with van der Waals surface area (Å²) in [6, 6.07) is -0.981. The third kappa shape index (κ3) is 1.91. The van der Waals surface area contributed by atoms with Gasteiger partial charge in [0.05, 0.1) is 18.8 Å². The molecule has 0 fully saturated rings. The van der Waals surface area contributed by atoms with E-state index in [1.165, 1.54) is 13.1 Å². The Morgan fingerprint density at radius 2 is 2.22 bits per heavy atom. The smallest absolute Gasteiger partial charge is 0.328 e. The Morgan fingerprint density at radius 3 is 2.78 bits per heavy atom. The van der Waals surface area contributed by atoms with E-state index in [0.717, 1.165) is 4.57 Å². The van der Waals surface area contributed by atoms with Gasteiger partial charge in [0.25, 0.3) is 5.56 Å². The lowest BCUT2D eigenvalue weighted by Crippen LogP contribution is -2.33. The lowest BCUT2D eigenvalue weighted by molar-refractivity contribution is 0.181. The van der Waals surface area contributed by atoms with Crippen molar-refractivity contribution in [2.24, 2.45) is 0 Å². The zero-order valence-corrected chi connectivity index (χ0v) is 9.68. The van der Waals surface area contributed by atoms with E-state index in [0.29, 0.717) is 0 Å². The second kappa shape index (κ2) is 4.51. The number of halogens is 1. The van der Waals surface area contributed by atoms with Crippen LogP contribution in [-0.4, -0.2) is 32.5 Å². The number of rotatable bonds is 2. The molecule has 0 aromatic carbocycles. The molecule has 2 atom stereocenters. The van der Waals surface area contributed by atoms with Gasteiger partial charge in [-0.15, -0.1) is 0 Å². The van der Waals surface area contributed by atoms with E-state index in [1.54, 1.807) is 0 Å². The molecule has 1 aliphatic rings. The second-order valence-corrected chi connectivity index (χ2v) is 4.28. The minimum atomic E-state index is -1.11. The first-order chi connectivity index (χ1) is 8.45. The minimum Gasteiger partial charge on any atom is -0.392 e. The van der Waals surface area contributed by atoms with Crippen molar-refractivity contribution in [3.63, 3.8) is 0 Å². The number of nitrogens with one attached hydrogen (secondary N) is 1. The first-order valence-electron chi connectivity index (χ1n) is 5.45. The van der Waals surface area contributed by atoms with Crippen LogP contribution in [0, 0.1) is 6.92 Å². The van der Waals surface area contributed by atoms with Gasteiger partial charge in [-0.3, -0.25) is 14.3 Å². The van der Waals surface area contributed by atoms with Crippen LogP contribution < -0.4 is 11.2 Å². The number of hydrogen-bond donors (Lipinski definition) is 3. The third-order valence-corrected chi connectivity index (χ3v) is 3.10. The lowest BCUT2D eigenvalue weighted by Gasteiger charge is -2.13.